The van der Waals surface area contributed by atoms with Crippen LogP contribution in [0.25, 0.3) is 0 Å². The summed E-state index contributed by atoms with van der Waals surface area (Å²) in [5.74, 6) is -3.05. The molecule has 0 spiro atoms. The molecular formula is C10H9ClF2. The van der Waals surface area contributed by atoms with Crippen LogP contribution in [0, 0.1) is 6.92 Å². The Balaban J connectivity index is 3.28. The van der Waals surface area contributed by atoms with Crippen LogP contribution in [0.1, 0.15) is 11.1 Å². The van der Waals surface area contributed by atoms with Gasteiger partial charge in [-0.15, -0.1) is 0 Å². The van der Waals surface area contributed by atoms with Crippen LogP contribution >= 0.6 is 11.6 Å². The van der Waals surface area contributed by atoms with E-state index >= 15 is 0 Å². The second kappa shape index (κ2) is 3.46. The first-order chi connectivity index (χ1) is 5.97. The summed E-state index contributed by atoms with van der Waals surface area (Å²) in [6.07, 6.45) is 0.591. The number of hydrogen-bond acceptors (Lipinski definition) is 0. The molecule has 1 rings (SSSR count). The van der Waals surface area contributed by atoms with Gasteiger partial charge in [-0.1, -0.05) is 29.8 Å². The molecule has 70 valence electrons. The zero-order valence-corrected chi connectivity index (χ0v) is 7.91. The van der Waals surface area contributed by atoms with Crippen LogP contribution in [-0.2, 0) is 5.92 Å². The van der Waals surface area contributed by atoms with Crippen molar-refractivity contribution in [2.75, 3.05) is 0 Å². The Hall–Kier alpha value is -0.890. The molecule has 0 unspecified atom stereocenters. The van der Waals surface area contributed by atoms with Crippen molar-refractivity contribution in [1.29, 1.82) is 0 Å². The van der Waals surface area contributed by atoms with Crippen molar-refractivity contribution in [3.63, 3.8) is 0 Å². The fourth-order valence-electron chi connectivity index (χ4n) is 1.00. The van der Waals surface area contributed by atoms with Gasteiger partial charge in [0.05, 0.1) is 5.02 Å². The molecule has 0 heterocycles. The molecule has 1 aromatic rings. The average molecular weight is 203 g/mol. The Morgan fingerprint density at radius 2 is 2.08 bits per heavy atom. The summed E-state index contributed by atoms with van der Waals surface area (Å²) in [5.41, 5.74) is 0.560. The van der Waals surface area contributed by atoms with Crippen molar-refractivity contribution in [2.24, 2.45) is 0 Å². The molecule has 1 aromatic carbocycles. The van der Waals surface area contributed by atoms with Crippen LogP contribution < -0.4 is 0 Å². The highest BCUT2D eigenvalue weighted by Gasteiger charge is 2.29. The van der Waals surface area contributed by atoms with Gasteiger partial charge in [-0.25, -0.2) is 0 Å². The van der Waals surface area contributed by atoms with Crippen molar-refractivity contribution in [3.8, 4) is 0 Å². The number of allylic oxidation sites excluding steroid dienone is 1. The minimum absolute atomic E-state index is 0.0653. The number of rotatable bonds is 2. The number of halogens is 3. The standard InChI is InChI=1S/C10H9ClF2/c1-3-10(12,13)8-6-7(2)4-5-9(8)11/h3-6H,1H2,2H3. The van der Waals surface area contributed by atoms with E-state index < -0.39 is 5.92 Å². The summed E-state index contributed by atoms with van der Waals surface area (Å²) in [5, 5.41) is 0.0653. The molecule has 0 aliphatic heterocycles. The van der Waals surface area contributed by atoms with E-state index in [0.717, 1.165) is 5.56 Å². The Kier molecular flexibility index (Phi) is 2.71. The van der Waals surface area contributed by atoms with E-state index in [1.165, 1.54) is 12.1 Å². The van der Waals surface area contributed by atoms with E-state index in [2.05, 4.69) is 6.58 Å². The first kappa shape index (κ1) is 10.2. The maximum atomic E-state index is 13.1. The summed E-state index contributed by atoms with van der Waals surface area (Å²) < 4.78 is 26.2. The summed E-state index contributed by atoms with van der Waals surface area (Å²) in [6, 6.07) is 4.51. The molecule has 13 heavy (non-hydrogen) atoms. The van der Waals surface area contributed by atoms with Crippen LogP contribution in [0.15, 0.2) is 30.9 Å². The molecule has 0 aliphatic rings. The summed E-state index contributed by atoms with van der Waals surface area (Å²) >= 11 is 5.63. The van der Waals surface area contributed by atoms with Crippen LogP contribution in [0.3, 0.4) is 0 Å². The fraction of sp³-hybridized carbons (Fsp3) is 0.200. The third kappa shape index (κ3) is 2.07. The highest BCUT2D eigenvalue weighted by Crippen LogP contribution is 2.34. The minimum Gasteiger partial charge on any atom is -0.196 e. The van der Waals surface area contributed by atoms with Gasteiger partial charge in [0.25, 0.3) is 5.92 Å². The van der Waals surface area contributed by atoms with Gasteiger partial charge in [-0.05, 0) is 25.1 Å². The molecule has 0 atom stereocenters. The van der Waals surface area contributed by atoms with Gasteiger partial charge in [0.1, 0.15) is 0 Å². The maximum absolute atomic E-state index is 13.1. The van der Waals surface area contributed by atoms with Gasteiger partial charge >= 0.3 is 0 Å². The lowest BCUT2D eigenvalue weighted by molar-refractivity contribution is 0.0526. The lowest BCUT2D eigenvalue weighted by Crippen LogP contribution is -2.09. The van der Waals surface area contributed by atoms with E-state index in [1.54, 1.807) is 13.0 Å². The Labute approximate surface area is 80.8 Å². The Morgan fingerprint density at radius 3 is 2.62 bits per heavy atom. The molecule has 0 saturated heterocycles. The summed E-state index contributed by atoms with van der Waals surface area (Å²) in [4.78, 5) is 0. The SMILES string of the molecule is C=CC(F)(F)c1cc(C)ccc1Cl. The molecule has 0 bridgehead atoms. The number of benzene rings is 1. The van der Waals surface area contributed by atoms with Gasteiger partial charge in [0, 0.05) is 5.56 Å². The van der Waals surface area contributed by atoms with Crippen molar-refractivity contribution in [3.05, 3.63) is 47.0 Å². The van der Waals surface area contributed by atoms with E-state index in [-0.39, 0.29) is 10.6 Å². The minimum atomic E-state index is -3.05. The van der Waals surface area contributed by atoms with Gasteiger partial charge in [0.15, 0.2) is 0 Å². The smallest absolute Gasteiger partial charge is 0.196 e. The first-order valence-corrected chi connectivity index (χ1v) is 4.13. The van der Waals surface area contributed by atoms with Crippen molar-refractivity contribution < 1.29 is 8.78 Å². The van der Waals surface area contributed by atoms with Crippen LogP contribution in [0.5, 0.6) is 0 Å². The molecule has 0 saturated carbocycles. The predicted octanol–water partition coefficient (Wildman–Crippen LogP) is 3.93. The molecule has 0 radical (unpaired) electrons. The highest BCUT2D eigenvalue weighted by atomic mass is 35.5. The molecule has 3 heteroatoms. The summed E-state index contributed by atoms with van der Waals surface area (Å²) in [6.45, 7) is 4.81. The van der Waals surface area contributed by atoms with Gasteiger partial charge in [-0.2, -0.15) is 8.78 Å². The topological polar surface area (TPSA) is 0 Å². The third-order valence-electron chi connectivity index (χ3n) is 1.74. The van der Waals surface area contributed by atoms with Crippen LogP contribution in [0.2, 0.25) is 5.02 Å². The van der Waals surface area contributed by atoms with Gasteiger partial charge in [-0.3, -0.25) is 0 Å². The summed E-state index contributed by atoms with van der Waals surface area (Å²) in [7, 11) is 0. The number of alkyl halides is 2. The van der Waals surface area contributed by atoms with Crippen molar-refractivity contribution in [2.45, 2.75) is 12.8 Å². The van der Waals surface area contributed by atoms with E-state index in [9.17, 15) is 8.78 Å². The van der Waals surface area contributed by atoms with E-state index in [0.29, 0.717) is 6.08 Å². The molecule has 0 fully saturated rings. The molecule has 0 nitrogen and oxygen atoms in total. The second-order valence-electron chi connectivity index (χ2n) is 2.81. The molecule has 0 amide bonds. The largest absolute Gasteiger partial charge is 0.292 e. The van der Waals surface area contributed by atoms with Crippen molar-refractivity contribution in [1.82, 2.24) is 0 Å². The Bertz CT molecular complexity index is 332. The quantitative estimate of drug-likeness (QED) is 0.638. The lowest BCUT2D eigenvalue weighted by Gasteiger charge is -2.13. The lowest BCUT2D eigenvalue weighted by atomic mass is 10.1. The normalized spacial score (nSPS) is 11.4. The van der Waals surface area contributed by atoms with E-state index in [1.807, 2.05) is 0 Å². The molecule has 0 aliphatic carbocycles. The number of hydrogen-bond donors (Lipinski definition) is 0. The zero-order valence-electron chi connectivity index (χ0n) is 7.15. The van der Waals surface area contributed by atoms with Gasteiger partial charge < -0.3 is 0 Å². The predicted molar refractivity (Wildman–Crippen MR) is 50.3 cm³/mol. The first-order valence-electron chi connectivity index (χ1n) is 3.75. The Morgan fingerprint density at radius 1 is 1.46 bits per heavy atom. The maximum Gasteiger partial charge on any atom is 0.292 e. The number of aryl methyl sites for hydroxylation is 1. The second-order valence-corrected chi connectivity index (χ2v) is 3.22. The van der Waals surface area contributed by atoms with Crippen molar-refractivity contribution >= 4 is 11.6 Å². The highest BCUT2D eigenvalue weighted by molar-refractivity contribution is 6.31. The monoisotopic (exact) mass is 202 g/mol. The van der Waals surface area contributed by atoms with Crippen LogP contribution in [0.4, 0.5) is 8.78 Å². The molecular weight excluding hydrogens is 194 g/mol. The molecule has 0 N–H and O–H groups in total. The van der Waals surface area contributed by atoms with E-state index in [4.69, 9.17) is 11.6 Å². The van der Waals surface area contributed by atoms with Crippen LogP contribution in [-0.4, -0.2) is 0 Å². The fourth-order valence-corrected chi connectivity index (χ4v) is 1.25. The molecule has 0 aromatic heterocycles. The zero-order chi connectivity index (χ0) is 10.1. The van der Waals surface area contributed by atoms with Gasteiger partial charge in [0.2, 0.25) is 0 Å². The average Bonchev–Trinajstić information content (AvgIpc) is 2.09. The third-order valence-corrected chi connectivity index (χ3v) is 2.07.